The third-order valence-corrected chi connectivity index (χ3v) is 3.51. The van der Waals surface area contributed by atoms with Gasteiger partial charge in [-0.05, 0) is 6.92 Å². The lowest BCUT2D eigenvalue weighted by atomic mass is 10.2. The standard InChI is InChI=1S/C11H12Cl2F3N5/c1-6-7(9(13)20(2)18-6)3-17-10-8(12)4-21(19-10)5-11(14,15)16/h4H,3,5H2,1-2H3,(H,17,19). The Bertz CT molecular complexity index is 647. The third kappa shape index (κ3) is 3.82. The Morgan fingerprint density at radius 2 is 1.95 bits per heavy atom. The van der Waals surface area contributed by atoms with Crippen LogP contribution in [0.4, 0.5) is 19.0 Å². The second-order valence-electron chi connectivity index (χ2n) is 4.47. The van der Waals surface area contributed by atoms with Crippen LogP contribution in [0.3, 0.4) is 0 Å². The summed E-state index contributed by atoms with van der Waals surface area (Å²) >= 11 is 11.9. The maximum atomic E-state index is 12.3. The highest BCUT2D eigenvalue weighted by Crippen LogP contribution is 2.25. The van der Waals surface area contributed by atoms with Gasteiger partial charge < -0.3 is 5.32 Å². The summed E-state index contributed by atoms with van der Waals surface area (Å²) in [4.78, 5) is 0. The molecule has 0 saturated carbocycles. The Morgan fingerprint density at radius 1 is 1.29 bits per heavy atom. The van der Waals surface area contributed by atoms with Gasteiger partial charge in [-0.25, -0.2) is 0 Å². The predicted molar refractivity (Wildman–Crippen MR) is 73.6 cm³/mol. The fraction of sp³-hybridized carbons (Fsp3) is 0.455. The summed E-state index contributed by atoms with van der Waals surface area (Å²) in [6, 6.07) is 0. The first-order chi connectivity index (χ1) is 9.67. The highest BCUT2D eigenvalue weighted by atomic mass is 35.5. The lowest BCUT2D eigenvalue weighted by Gasteiger charge is -2.06. The highest BCUT2D eigenvalue weighted by molar-refractivity contribution is 6.32. The number of halogens is 5. The van der Waals surface area contributed by atoms with Crippen LogP contribution in [-0.4, -0.2) is 25.7 Å². The lowest BCUT2D eigenvalue weighted by molar-refractivity contribution is -0.142. The van der Waals surface area contributed by atoms with Crippen LogP contribution in [0.1, 0.15) is 11.3 Å². The van der Waals surface area contributed by atoms with E-state index in [0.717, 1.165) is 22.1 Å². The number of nitrogens with zero attached hydrogens (tertiary/aromatic N) is 4. The highest BCUT2D eigenvalue weighted by Gasteiger charge is 2.29. The van der Waals surface area contributed by atoms with Gasteiger partial charge in [0, 0.05) is 25.4 Å². The number of anilines is 1. The maximum absolute atomic E-state index is 12.3. The van der Waals surface area contributed by atoms with Crippen molar-refractivity contribution in [2.75, 3.05) is 5.32 Å². The SMILES string of the molecule is Cc1nn(C)c(Cl)c1CNc1nn(CC(F)(F)F)cc1Cl. The topological polar surface area (TPSA) is 47.7 Å². The number of rotatable bonds is 4. The number of aryl methyl sites for hydroxylation is 2. The molecule has 0 amide bonds. The number of nitrogens with one attached hydrogen (secondary N) is 1. The number of aromatic nitrogens is 4. The summed E-state index contributed by atoms with van der Waals surface area (Å²) in [7, 11) is 1.70. The van der Waals surface area contributed by atoms with Gasteiger partial charge in [-0.15, -0.1) is 0 Å². The molecular formula is C11H12Cl2F3N5. The van der Waals surface area contributed by atoms with E-state index in [-0.39, 0.29) is 17.4 Å². The molecular weight excluding hydrogens is 330 g/mol. The lowest BCUT2D eigenvalue weighted by Crippen LogP contribution is -2.18. The molecule has 1 N–H and O–H groups in total. The van der Waals surface area contributed by atoms with E-state index in [1.807, 2.05) is 0 Å². The van der Waals surface area contributed by atoms with Crippen LogP contribution in [0.2, 0.25) is 10.2 Å². The van der Waals surface area contributed by atoms with Crippen LogP contribution in [-0.2, 0) is 20.1 Å². The molecule has 0 aromatic carbocycles. The molecule has 2 heterocycles. The fourth-order valence-electron chi connectivity index (χ4n) is 1.83. The second-order valence-corrected chi connectivity index (χ2v) is 5.24. The van der Waals surface area contributed by atoms with Gasteiger partial charge in [-0.3, -0.25) is 9.36 Å². The number of hydrogen-bond donors (Lipinski definition) is 1. The van der Waals surface area contributed by atoms with Crippen molar-refractivity contribution in [1.82, 2.24) is 19.6 Å². The average molecular weight is 342 g/mol. The third-order valence-electron chi connectivity index (χ3n) is 2.76. The molecule has 0 unspecified atom stereocenters. The van der Waals surface area contributed by atoms with Crippen molar-refractivity contribution in [2.24, 2.45) is 7.05 Å². The first-order valence-electron chi connectivity index (χ1n) is 5.89. The quantitative estimate of drug-likeness (QED) is 0.926. The molecule has 0 aliphatic rings. The molecule has 0 aliphatic heterocycles. The molecule has 5 nitrogen and oxygen atoms in total. The van der Waals surface area contributed by atoms with Crippen LogP contribution in [0.25, 0.3) is 0 Å². The molecule has 2 rings (SSSR count). The first kappa shape index (κ1) is 16.0. The molecule has 10 heteroatoms. The molecule has 21 heavy (non-hydrogen) atoms. The second kappa shape index (κ2) is 5.76. The van der Waals surface area contributed by atoms with E-state index in [1.165, 1.54) is 4.68 Å². The minimum absolute atomic E-state index is 0.108. The van der Waals surface area contributed by atoms with Crippen molar-refractivity contribution in [2.45, 2.75) is 26.2 Å². The Labute approximate surface area is 128 Å². The Hall–Kier alpha value is -1.41. The van der Waals surface area contributed by atoms with Crippen LogP contribution in [0, 0.1) is 6.92 Å². The monoisotopic (exact) mass is 341 g/mol. The largest absolute Gasteiger partial charge is 0.408 e. The molecule has 0 radical (unpaired) electrons. The molecule has 0 spiro atoms. The van der Waals surface area contributed by atoms with Gasteiger partial charge in [-0.1, -0.05) is 23.2 Å². The van der Waals surface area contributed by atoms with Gasteiger partial charge in [0.1, 0.15) is 16.7 Å². The van der Waals surface area contributed by atoms with E-state index >= 15 is 0 Å². The molecule has 116 valence electrons. The summed E-state index contributed by atoms with van der Waals surface area (Å²) < 4.78 is 39.1. The van der Waals surface area contributed by atoms with Crippen molar-refractivity contribution in [3.8, 4) is 0 Å². The van der Waals surface area contributed by atoms with Crippen molar-refractivity contribution < 1.29 is 13.2 Å². The van der Waals surface area contributed by atoms with Crippen molar-refractivity contribution in [3.63, 3.8) is 0 Å². The van der Waals surface area contributed by atoms with Crippen LogP contribution in [0.15, 0.2) is 6.20 Å². The average Bonchev–Trinajstić information content (AvgIpc) is 2.77. The molecule has 0 fully saturated rings. The van der Waals surface area contributed by atoms with Gasteiger partial charge in [-0.2, -0.15) is 23.4 Å². The van der Waals surface area contributed by atoms with E-state index < -0.39 is 12.7 Å². The van der Waals surface area contributed by atoms with Crippen LogP contribution >= 0.6 is 23.2 Å². The van der Waals surface area contributed by atoms with Gasteiger partial charge in [0.05, 0.1) is 5.69 Å². The summed E-state index contributed by atoms with van der Waals surface area (Å²) in [5.41, 5.74) is 1.46. The fourth-order valence-corrected chi connectivity index (χ4v) is 2.29. The van der Waals surface area contributed by atoms with Crippen molar-refractivity contribution in [3.05, 3.63) is 27.6 Å². The summed E-state index contributed by atoms with van der Waals surface area (Å²) in [6.45, 7) is 0.856. The van der Waals surface area contributed by atoms with Crippen molar-refractivity contribution in [1.29, 1.82) is 0 Å². The Morgan fingerprint density at radius 3 is 2.48 bits per heavy atom. The maximum Gasteiger partial charge on any atom is 0.408 e. The molecule has 0 atom stereocenters. The predicted octanol–water partition coefficient (Wildman–Crippen LogP) is 3.41. The molecule has 2 aromatic rings. The normalized spacial score (nSPS) is 12.0. The Balaban J connectivity index is 2.10. The molecule has 2 aromatic heterocycles. The van der Waals surface area contributed by atoms with Gasteiger partial charge >= 0.3 is 6.18 Å². The zero-order chi connectivity index (χ0) is 15.8. The molecule has 0 saturated heterocycles. The van der Waals surface area contributed by atoms with Gasteiger partial charge in [0.25, 0.3) is 0 Å². The summed E-state index contributed by atoms with van der Waals surface area (Å²) in [5, 5.41) is 11.3. The summed E-state index contributed by atoms with van der Waals surface area (Å²) in [5.74, 6) is 0.167. The van der Waals surface area contributed by atoms with Gasteiger partial charge in [0.15, 0.2) is 5.82 Å². The van der Waals surface area contributed by atoms with Crippen LogP contribution in [0.5, 0.6) is 0 Å². The molecule has 0 aliphatic carbocycles. The van der Waals surface area contributed by atoms with E-state index in [9.17, 15) is 13.2 Å². The molecule has 0 bridgehead atoms. The van der Waals surface area contributed by atoms with E-state index in [1.54, 1.807) is 14.0 Å². The smallest absolute Gasteiger partial charge is 0.363 e. The number of hydrogen-bond acceptors (Lipinski definition) is 3. The minimum atomic E-state index is -4.35. The van der Waals surface area contributed by atoms with E-state index in [2.05, 4.69) is 15.5 Å². The van der Waals surface area contributed by atoms with Crippen molar-refractivity contribution >= 4 is 29.0 Å². The first-order valence-corrected chi connectivity index (χ1v) is 6.64. The summed E-state index contributed by atoms with van der Waals surface area (Å²) in [6.07, 6.45) is -3.23. The zero-order valence-corrected chi connectivity index (χ0v) is 12.7. The minimum Gasteiger partial charge on any atom is -0.363 e. The Kier molecular flexibility index (Phi) is 4.38. The van der Waals surface area contributed by atoms with Crippen LogP contribution < -0.4 is 5.32 Å². The van der Waals surface area contributed by atoms with E-state index in [0.29, 0.717) is 5.15 Å². The number of alkyl halides is 3. The zero-order valence-electron chi connectivity index (χ0n) is 11.2. The van der Waals surface area contributed by atoms with E-state index in [4.69, 9.17) is 23.2 Å². The van der Waals surface area contributed by atoms with Gasteiger partial charge in [0.2, 0.25) is 0 Å².